The molecule has 2 fully saturated rings. The molecular weight excluding hydrogens is 324 g/mol. The molecule has 0 radical (unpaired) electrons. The zero-order valence-corrected chi connectivity index (χ0v) is 15.4. The maximum Gasteiger partial charge on any atom is 0.339 e. The number of ether oxygens (including phenoxy) is 1. The van der Waals surface area contributed by atoms with Crippen LogP contribution in [0.3, 0.4) is 0 Å². The summed E-state index contributed by atoms with van der Waals surface area (Å²) in [7, 11) is 0. The number of esters is 1. The Bertz CT molecular complexity index is 715. The molecule has 0 bridgehead atoms. The van der Waals surface area contributed by atoms with E-state index >= 15 is 0 Å². The molecule has 0 amide bonds. The molecular formula is C23H28O3. The summed E-state index contributed by atoms with van der Waals surface area (Å²) in [5, 5.41) is 11.2. The molecule has 0 aliphatic heterocycles. The lowest BCUT2D eigenvalue weighted by Crippen LogP contribution is -2.43. The predicted octanol–water partition coefficient (Wildman–Crippen LogP) is 5.11. The Hall–Kier alpha value is -1.87. The Kier molecular flexibility index (Phi) is 4.99. The number of rotatable bonds is 3. The summed E-state index contributed by atoms with van der Waals surface area (Å²) in [6.07, 6.45) is 12.5. The summed E-state index contributed by atoms with van der Waals surface area (Å²) < 4.78 is 5.82. The maximum atomic E-state index is 12.5. The van der Waals surface area contributed by atoms with E-state index in [1.807, 2.05) is 24.3 Å². The second-order valence-corrected chi connectivity index (χ2v) is 7.94. The Morgan fingerprint density at radius 2 is 1.62 bits per heavy atom. The van der Waals surface area contributed by atoms with Crippen molar-refractivity contribution in [3.8, 4) is 0 Å². The first kappa shape index (κ1) is 17.5. The highest BCUT2D eigenvalue weighted by Crippen LogP contribution is 2.47. The van der Waals surface area contributed by atoms with Gasteiger partial charge in [-0.05, 0) is 62.3 Å². The van der Waals surface area contributed by atoms with E-state index in [0.29, 0.717) is 5.56 Å². The van der Waals surface area contributed by atoms with Crippen LogP contribution in [0.25, 0.3) is 0 Å². The van der Waals surface area contributed by atoms with E-state index in [4.69, 9.17) is 4.74 Å². The van der Waals surface area contributed by atoms with Crippen molar-refractivity contribution in [1.29, 1.82) is 0 Å². The molecule has 3 nitrogen and oxygen atoms in total. The SMILES string of the molecule is O=C(OC1C=C(C2(O)CCCCC2)C1=C1CCCCC1)c1ccccc1. The Labute approximate surface area is 155 Å². The third kappa shape index (κ3) is 3.37. The maximum absolute atomic E-state index is 12.5. The van der Waals surface area contributed by atoms with Crippen molar-refractivity contribution in [2.45, 2.75) is 75.9 Å². The van der Waals surface area contributed by atoms with Gasteiger partial charge >= 0.3 is 5.97 Å². The van der Waals surface area contributed by atoms with Gasteiger partial charge in [-0.3, -0.25) is 0 Å². The summed E-state index contributed by atoms with van der Waals surface area (Å²) in [5.74, 6) is -0.282. The molecule has 1 aromatic carbocycles. The highest BCUT2D eigenvalue weighted by molar-refractivity contribution is 5.90. The molecule has 3 aliphatic rings. The summed E-state index contributed by atoms with van der Waals surface area (Å²) in [5.41, 5.74) is 3.46. The molecule has 0 spiro atoms. The topological polar surface area (TPSA) is 46.5 Å². The van der Waals surface area contributed by atoms with Crippen molar-refractivity contribution in [2.24, 2.45) is 0 Å². The van der Waals surface area contributed by atoms with Crippen LogP contribution in [-0.4, -0.2) is 22.8 Å². The lowest BCUT2D eigenvalue weighted by atomic mass is 9.68. The average molecular weight is 352 g/mol. The molecule has 0 saturated heterocycles. The van der Waals surface area contributed by atoms with Gasteiger partial charge in [-0.15, -0.1) is 0 Å². The van der Waals surface area contributed by atoms with Gasteiger partial charge in [-0.25, -0.2) is 4.79 Å². The van der Waals surface area contributed by atoms with Gasteiger partial charge in [0.1, 0.15) is 6.10 Å². The molecule has 4 rings (SSSR count). The fourth-order valence-electron chi connectivity index (χ4n) is 4.68. The normalized spacial score (nSPS) is 25.3. The smallest absolute Gasteiger partial charge is 0.339 e. The van der Waals surface area contributed by atoms with Crippen molar-refractivity contribution in [1.82, 2.24) is 0 Å². The third-order valence-corrected chi connectivity index (χ3v) is 6.16. The average Bonchev–Trinajstić information content (AvgIpc) is 2.66. The van der Waals surface area contributed by atoms with E-state index in [0.717, 1.165) is 49.7 Å². The minimum atomic E-state index is -0.715. The van der Waals surface area contributed by atoms with Crippen LogP contribution in [0.4, 0.5) is 0 Å². The van der Waals surface area contributed by atoms with Crippen molar-refractivity contribution < 1.29 is 14.6 Å². The van der Waals surface area contributed by atoms with Gasteiger partial charge in [0.15, 0.2) is 0 Å². The number of hydrogen-bond acceptors (Lipinski definition) is 3. The van der Waals surface area contributed by atoms with Gasteiger partial charge in [0.05, 0.1) is 11.2 Å². The van der Waals surface area contributed by atoms with Crippen LogP contribution in [0.1, 0.15) is 74.6 Å². The van der Waals surface area contributed by atoms with Gasteiger partial charge in [0.2, 0.25) is 0 Å². The third-order valence-electron chi connectivity index (χ3n) is 6.16. The molecule has 0 heterocycles. The lowest BCUT2D eigenvalue weighted by Gasteiger charge is -2.43. The lowest BCUT2D eigenvalue weighted by molar-refractivity contribution is 0.0218. The van der Waals surface area contributed by atoms with Crippen LogP contribution in [0.15, 0.2) is 53.1 Å². The fraction of sp³-hybridized carbons (Fsp3) is 0.522. The van der Waals surface area contributed by atoms with E-state index in [1.165, 1.54) is 31.3 Å². The Morgan fingerprint density at radius 3 is 2.31 bits per heavy atom. The summed E-state index contributed by atoms with van der Waals surface area (Å²) in [6.45, 7) is 0. The zero-order chi connectivity index (χ0) is 18.0. The van der Waals surface area contributed by atoms with Gasteiger partial charge in [0, 0.05) is 5.57 Å². The van der Waals surface area contributed by atoms with E-state index in [1.54, 1.807) is 12.1 Å². The van der Waals surface area contributed by atoms with Crippen molar-refractivity contribution in [2.75, 3.05) is 0 Å². The quantitative estimate of drug-likeness (QED) is 0.769. The first-order chi connectivity index (χ1) is 12.7. The number of hydrogen-bond donors (Lipinski definition) is 1. The molecule has 138 valence electrons. The van der Waals surface area contributed by atoms with Crippen LogP contribution in [0.2, 0.25) is 0 Å². The monoisotopic (exact) mass is 352 g/mol. The highest BCUT2D eigenvalue weighted by atomic mass is 16.5. The second kappa shape index (κ2) is 7.40. The number of benzene rings is 1. The number of carbonyl (C=O) groups excluding carboxylic acids is 1. The molecule has 1 unspecified atom stereocenters. The highest BCUT2D eigenvalue weighted by Gasteiger charge is 2.44. The van der Waals surface area contributed by atoms with E-state index < -0.39 is 5.60 Å². The van der Waals surface area contributed by atoms with Crippen LogP contribution in [-0.2, 0) is 4.74 Å². The first-order valence-electron chi connectivity index (χ1n) is 10.1. The molecule has 1 atom stereocenters. The summed E-state index contributed by atoms with van der Waals surface area (Å²) >= 11 is 0. The van der Waals surface area contributed by atoms with Crippen LogP contribution < -0.4 is 0 Å². The van der Waals surface area contributed by atoms with Crippen LogP contribution in [0.5, 0.6) is 0 Å². The summed E-state index contributed by atoms with van der Waals surface area (Å²) in [6, 6.07) is 9.17. The van der Waals surface area contributed by atoms with E-state index in [-0.39, 0.29) is 12.1 Å². The molecule has 0 aromatic heterocycles. The Balaban J connectivity index is 1.60. The van der Waals surface area contributed by atoms with E-state index in [9.17, 15) is 9.90 Å². The standard InChI is InChI=1S/C23H28O3/c24-22(18-12-6-2-7-13-18)26-20-16-19(23(25)14-8-3-9-15-23)21(20)17-10-4-1-5-11-17/h2,6-7,12-13,16,20,25H,1,3-5,8-11,14-15H2. The fourth-order valence-corrected chi connectivity index (χ4v) is 4.68. The van der Waals surface area contributed by atoms with Gasteiger partial charge in [-0.2, -0.15) is 0 Å². The molecule has 26 heavy (non-hydrogen) atoms. The van der Waals surface area contributed by atoms with E-state index in [2.05, 4.69) is 0 Å². The van der Waals surface area contributed by atoms with Gasteiger partial charge in [-0.1, -0.05) is 49.5 Å². The predicted molar refractivity (Wildman–Crippen MR) is 102 cm³/mol. The van der Waals surface area contributed by atoms with Crippen molar-refractivity contribution in [3.63, 3.8) is 0 Å². The molecule has 2 saturated carbocycles. The minimum Gasteiger partial charge on any atom is -0.450 e. The largest absolute Gasteiger partial charge is 0.450 e. The van der Waals surface area contributed by atoms with Crippen molar-refractivity contribution >= 4 is 5.97 Å². The van der Waals surface area contributed by atoms with Gasteiger partial charge < -0.3 is 9.84 Å². The zero-order valence-electron chi connectivity index (χ0n) is 15.4. The number of aliphatic hydroxyl groups is 1. The Morgan fingerprint density at radius 1 is 0.962 bits per heavy atom. The van der Waals surface area contributed by atoms with Crippen molar-refractivity contribution in [3.05, 3.63) is 58.7 Å². The number of carbonyl (C=O) groups is 1. The van der Waals surface area contributed by atoms with Crippen LogP contribution in [0, 0.1) is 0 Å². The number of allylic oxidation sites excluding steroid dienone is 1. The summed E-state index contributed by atoms with van der Waals surface area (Å²) in [4.78, 5) is 12.5. The molecule has 1 N–H and O–H groups in total. The van der Waals surface area contributed by atoms with Gasteiger partial charge in [0.25, 0.3) is 0 Å². The first-order valence-corrected chi connectivity index (χ1v) is 10.1. The van der Waals surface area contributed by atoms with Crippen LogP contribution >= 0.6 is 0 Å². The molecule has 1 aromatic rings. The second-order valence-electron chi connectivity index (χ2n) is 7.94. The molecule has 3 aliphatic carbocycles. The molecule has 3 heteroatoms. The minimum absolute atomic E-state index is 0.282.